The number of amides is 2. The van der Waals surface area contributed by atoms with E-state index in [0.717, 1.165) is 44.5 Å². The number of urea groups is 1. The van der Waals surface area contributed by atoms with Crippen molar-refractivity contribution in [2.75, 3.05) is 44.9 Å². The normalized spacial score (nSPS) is 14.4. The fraction of sp³-hybridized carbons (Fsp3) is 0.458. The number of hydrogen-bond donors (Lipinski definition) is 2. The molecule has 0 atom stereocenters. The third-order valence-electron chi connectivity index (χ3n) is 5.40. The molecule has 1 aliphatic heterocycles. The van der Waals surface area contributed by atoms with Gasteiger partial charge in [-0.05, 0) is 55.5 Å². The number of ether oxygens (including phenoxy) is 2. The lowest BCUT2D eigenvalue weighted by Gasteiger charge is -2.34. The fourth-order valence-corrected chi connectivity index (χ4v) is 3.62. The summed E-state index contributed by atoms with van der Waals surface area (Å²) in [5.74, 6) is 0.869. The maximum Gasteiger partial charge on any atom is 0.315 e. The van der Waals surface area contributed by atoms with Crippen LogP contribution in [-0.4, -0.2) is 52.0 Å². The number of nitrogens with zero attached hydrogens (tertiary/aromatic N) is 1. The van der Waals surface area contributed by atoms with E-state index in [-0.39, 0.29) is 12.1 Å². The van der Waals surface area contributed by atoms with Crippen molar-refractivity contribution in [1.82, 2.24) is 10.6 Å². The molecule has 1 heterocycles. The SMILES string of the molecule is COc1ccc(N2CCC(NC(=O)NCCCOCCc3ccccc3)CC2)cc1. The van der Waals surface area contributed by atoms with Crippen molar-refractivity contribution in [3.05, 3.63) is 60.2 Å². The second-order valence-corrected chi connectivity index (χ2v) is 7.56. The van der Waals surface area contributed by atoms with E-state index in [9.17, 15) is 4.79 Å². The molecule has 0 spiro atoms. The topological polar surface area (TPSA) is 62.8 Å². The Morgan fingerprint density at radius 1 is 1.03 bits per heavy atom. The highest BCUT2D eigenvalue weighted by molar-refractivity contribution is 5.74. The van der Waals surface area contributed by atoms with Crippen molar-refractivity contribution >= 4 is 11.7 Å². The molecule has 0 aromatic heterocycles. The number of methoxy groups -OCH3 is 1. The van der Waals surface area contributed by atoms with Crippen LogP contribution in [0, 0.1) is 0 Å². The van der Waals surface area contributed by atoms with Gasteiger partial charge in [0.1, 0.15) is 5.75 Å². The summed E-state index contributed by atoms with van der Waals surface area (Å²) in [5.41, 5.74) is 2.49. The van der Waals surface area contributed by atoms with Crippen LogP contribution >= 0.6 is 0 Å². The molecule has 162 valence electrons. The number of benzene rings is 2. The summed E-state index contributed by atoms with van der Waals surface area (Å²) in [6.07, 6.45) is 3.63. The van der Waals surface area contributed by atoms with Gasteiger partial charge in [0.05, 0.1) is 13.7 Å². The summed E-state index contributed by atoms with van der Waals surface area (Å²) in [6.45, 7) is 3.87. The highest BCUT2D eigenvalue weighted by Crippen LogP contribution is 2.22. The Kier molecular flexibility index (Phi) is 8.84. The molecule has 2 amide bonds. The lowest BCUT2D eigenvalue weighted by molar-refractivity contribution is 0.135. The number of piperidine rings is 1. The Morgan fingerprint density at radius 2 is 1.77 bits per heavy atom. The molecule has 0 unspecified atom stereocenters. The molecular weight excluding hydrogens is 378 g/mol. The fourth-order valence-electron chi connectivity index (χ4n) is 3.62. The molecule has 1 saturated heterocycles. The summed E-state index contributed by atoms with van der Waals surface area (Å²) < 4.78 is 10.9. The first-order valence-electron chi connectivity index (χ1n) is 10.8. The molecule has 0 aliphatic carbocycles. The molecule has 0 saturated carbocycles. The lowest BCUT2D eigenvalue weighted by atomic mass is 10.0. The quantitative estimate of drug-likeness (QED) is 0.586. The Morgan fingerprint density at radius 3 is 2.47 bits per heavy atom. The number of hydrogen-bond acceptors (Lipinski definition) is 4. The second-order valence-electron chi connectivity index (χ2n) is 7.56. The van der Waals surface area contributed by atoms with Crippen LogP contribution in [0.1, 0.15) is 24.8 Å². The number of carbonyl (C=O) groups is 1. The zero-order valence-electron chi connectivity index (χ0n) is 17.8. The van der Waals surface area contributed by atoms with Crippen LogP contribution < -0.4 is 20.3 Å². The molecule has 0 bridgehead atoms. The molecule has 1 aliphatic rings. The molecule has 0 radical (unpaired) electrons. The van der Waals surface area contributed by atoms with Crippen molar-refractivity contribution in [2.24, 2.45) is 0 Å². The molecule has 1 fully saturated rings. The number of nitrogens with one attached hydrogen (secondary N) is 2. The third-order valence-corrected chi connectivity index (χ3v) is 5.40. The number of anilines is 1. The van der Waals surface area contributed by atoms with E-state index in [1.165, 1.54) is 11.3 Å². The van der Waals surface area contributed by atoms with E-state index < -0.39 is 0 Å². The van der Waals surface area contributed by atoms with Crippen LogP contribution in [0.15, 0.2) is 54.6 Å². The maximum atomic E-state index is 12.1. The minimum atomic E-state index is -0.0813. The van der Waals surface area contributed by atoms with Crippen LogP contribution in [0.2, 0.25) is 0 Å². The molecule has 2 aromatic rings. The van der Waals surface area contributed by atoms with Crippen molar-refractivity contribution < 1.29 is 14.3 Å². The maximum absolute atomic E-state index is 12.1. The highest BCUT2D eigenvalue weighted by atomic mass is 16.5. The molecule has 6 nitrogen and oxygen atoms in total. The van der Waals surface area contributed by atoms with Gasteiger partial charge in [0.25, 0.3) is 0 Å². The average molecular weight is 412 g/mol. The van der Waals surface area contributed by atoms with Crippen molar-refractivity contribution in [1.29, 1.82) is 0 Å². The zero-order chi connectivity index (χ0) is 21.0. The largest absolute Gasteiger partial charge is 0.497 e. The Balaban J connectivity index is 1.22. The van der Waals surface area contributed by atoms with Crippen molar-refractivity contribution in [3.63, 3.8) is 0 Å². The smallest absolute Gasteiger partial charge is 0.315 e. The second kappa shape index (κ2) is 12.1. The Hall–Kier alpha value is -2.73. The molecule has 2 aromatic carbocycles. The molecule has 2 N–H and O–H groups in total. The Labute approximate surface area is 179 Å². The van der Waals surface area contributed by atoms with Gasteiger partial charge in [-0.2, -0.15) is 0 Å². The standard InChI is InChI=1S/C24H33N3O3/c1-29-23-10-8-22(9-11-23)27-16-12-21(13-17-27)26-24(28)25-15-5-18-30-19-14-20-6-3-2-4-7-20/h2-4,6-11,21H,5,12-19H2,1H3,(H2,25,26,28). The van der Waals surface area contributed by atoms with Crippen molar-refractivity contribution in [2.45, 2.75) is 31.7 Å². The minimum Gasteiger partial charge on any atom is -0.497 e. The van der Waals surface area contributed by atoms with E-state index in [1.807, 2.05) is 30.3 Å². The average Bonchev–Trinajstić information content (AvgIpc) is 2.80. The molecular formula is C24H33N3O3. The van der Waals surface area contributed by atoms with E-state index in [4.69, 9.17) is 9.47 Å². The van der Waals surface area contributed by atoms with Crippen LogP contribution in [0.25, 0.3) is 0 Å². The van der Waals surface area contributed by atoms with E-state index in [1.54, 1.807) is 7.11 Å². The molecule has 6 heteroatoms. The van der Waals surface area contributed by atoms with E-state index in [0.29, 0.717) is 19.8 Å². The summed E-state index contributed by atoms with van der Waals surface area (Å²) in [6, 6.07) is 18.6. The van der Waals surface area contributed by atoms with Gasteiger partial charge in [-0.15, -0.1) is 0 Å². The van der Waals surface area contributed by atoms with Crippen LogP contribution in [0.4, 0.5) is 10.5 Å². The molecule has 30 heavy (non-hydrogen) atoms. The van der Waals surface area contributed by atoms with Gasteiger partial charge in [-0.3, -0.25) is 0 Å². The van der Waals surface area contributed by atoms with E-state index in [2.05, 4.69) is 39.8 Å². The first-order valence-corrected chi connectivity index (χ1v) is 10.8. The summed E-state index contributed by atoms with van der Waals surface area (Å²) in [7, 11) is 1.68. The highest BCUT2D eigenvalue weighted by Gasteiger charge is 2.20. The van der Waals surface area contributed by atoms with Crippen LogP contribution in [0.5, 0.6) is 5.75 Å². The van der Waals surface area contributed by atoms with Gasteiger partial charge in [0.15, 0.2) is 0 Å². The van der Waals surface area contributed by atoms with Crippen LogP contribution in [-0.2, 0) is 11.2 Å². The van der Waals surface area contributed by atoms with E-state index >= 15 is 0 Å². The van der Waals surface area contributed by atoms with Gasteiger partial charge in [-0.25, -0.2) is 4.79 Å². The number of rotatable bonds is 10. The van der Waals surface area contributed by atoms with Gasteiger partial charge < -0.3 is 25.0 Å². The summed E-state index contributed by atoms with van der Waals surface area (Å²) in [5, 5.41) is 6.03. The Bertz CT molecular complexity index is 744. The number of carbonyl (C=O) groups excluding carboxylic acids is 1. The lowest BCUT2D eigenvalue weighted by Crippen LogP contribution is -2.48. The van der Waals surface area contributed by atoms with Crippen molar-refractivity contribution in [3.8, 4) is 5.75 Å². The minimum absolute atomic E-state index is 0.0813. The van der Waals surface area contributed by atoms with Gasteiger partial charge in [-0.1, -0.05) is 30.3 Å². The summed E-state index contributed by atoms with van der Waals surface area (Å²) in [4.78, 5) is 14.5. The predicted molar refractivity (Wildman–Crippen MR) is 120 cm³/mol. The summed E-state index contributed by atoms with van der Waals surface area (Å²) >= 11 is 0. The third kappa shape index (κ3) is 7.26. The van der Waals surface area contributed by atoms with Gasteiger partial charge in [0, 0.05) is 38.0 Å². The predicted octanol–water partition coefficient (Wildman–Crippen LogP) is 3.61. The molecule has 3 rings (SSSR count). The first kappa shape index (κ1) is 22.0. The van der Waals surface area contributed by atoms with Crippen LogP contribution in [0.3, 0.4) is 0 Å². The first-order chi connectivity index (χ1) is 14.7. The van der Waals surface area contributed by atoms with Gasteiger partial charge >= 0.3 is 6.03 Å². The zero-order valence-corrected chi connectivity index (χ0v) is 17.8. The monoisotopic (exact) mass is 411 g/mol. The van der Waals surface area contributed by atoms with Gasteiger partial charge in [0.2, 0.25) is 0 Å².